The van der Waals surface area contributed by atoms with Crippen molar-refractivity contribution in [1.82, 2.24) is 4.98 Å². The highest BCUT2D eigenvalue weighted by molar-refractivity contribution is 7.17. The van der Waals surface area contributed by atoms with E-state index in [4.69, 9.17) is 0 Å². The average molecular weight is 310 g/mol. The number of thiazole rings is 1. The average Bonchev–Trinajstić information content (AvgIpc) is 3.06. The third kappa shape index (κ3) is 3.19. The van der Waals surface area contributed by atoms with Crippen LogP contribution >= 0.6 is 22.7 Å². The lowest BCUT2D eigenvalue weighted by molar-refractivity contribution is 0.0700. The Morgan fingerprint density at radius 3 is 2.85 bits per heavy atom. The minimum Gasteiger partial charge on any atom is -0.477 e. The van der Waals surface area contributed by atoms with Crippen molar-refractivity contribution in [1.29, 1.82) is 0 Å². The van der Waals surface area contributed by atoms with E-state index in [9.17, 15) is 9.90 Å². The molecule has 2 aromatic heterocycles. The number of carboxylic acids is 1. The van der Waals surface area contributed by atoms with Gasteiger partial charge in [0, 0.05) is 11.9 Å². The first-order chi connectivity index (χ1) is 9.52. The first kappa shape index (κ1) is 15.0. The monoisotopic (exact) mass is 310 g/mol. The van der Waals surface area contributed by atoms with E-state index in [1.54, 1.807) is 11.3 Å². The molecule has 0 saturated carbocycles. The Kier molecular flexibility index (Phi) is 4.77. The van der Waals surface area contributed by atoms with Crippen LogP contribution in [0.2, 0.25) is 0 Å². The van der Waals surface area contributed by atoms with Crippen LogP contribution in [0.3, 0.4) is 0 Å². The van der Waals surface area contributed by atoms with E-state index >= 15 is 0 Å². The molecule has 2 aromatic rings. The predicted molar refractivity (Wildman–Crippen MR) is 84.2 cm³/mol. The maximum Gasteiger partial charge on any atom is 0.347 e. The van der Waals surface area contributed by atoms with Crippen LogP contribution in [0, 0.1) is 0 Å². The van der Waals surface area contributed by atoms with Gasteiger partial charge in [0.1, 0.15) is 4.88 Å². The standard InChI is InChI=1S/C14H18N2O2S2/c1-4-9(2)11-12(13(17)18)20-14(15-11)16(3)8-10-6-5-7-19-10/h5-7,9H,4,8H2,1-3H3,(H,17,18). The number of rotatable bonds is 6. The van der Waals surface area contributed by atoms with Gasteiger partial charge in [0.2, 0.25) is 0 Å². The first-order valence-corrected chi connectivity index (χ1v) is 8.20. The zero-order valence-electron chi connectivity index (χ0n) is 11.8. The summed E-state index contributed by atoms with van der Waals surface area (Å²) in [6, 6.07) is 4.09. The minimum absolute atomic E-state index is 0.168. The predicted octanol–water partition coefficient (Wildman–Crippen LogP) is 4.05. The van der Waals surface area contributed by atoms with Crippen molar-refractivity contribution in [3.8, 4) is 0 Å². The molecule has 0 fully saturated rings. The van der Waals surface area contributed by atoms with Gasteiger partial charge in [-0.15, -0.1) is 11.3 Å². The molecule has 2 rings (SSSR count). The maximum atomic E-state index is 11.3. The van der Waals surface area contributed by atoms with Crippen molar-refractivity contribution in [2.24, 2.45) is 0 Å². The lowest BCUT2D eigenvalue weighted by Crippen LogP contribution is -2.15. The van der Waals surface area contributed by atoms with E-state index in [-0.39, 0.29) is 5.92 Å². The van der Waals surface area contributed by atoms with Crippen LogP contribution in [0.15, 0.2) is 17.5 Å². The molecule has 0 radical (unpaired) electrons. The summed E-state index contributed by atoms with van der Waals surface area (Å²) in [6.45, 7) is 4.82. The highest BCUT2D eigenvalue weighted by Crippen LogP contribution is 2.32. The summed E-state index contributed by atoms with van der Waals surface area (Å²) < 4.78 is 0. The molecule has 1 unspecified atom stereocenters. The lowest BCUT2D eigenvalue weighted by atomic mass is 10.0. The summed E-state index contributed by atoms with van der Waals surface area (Å²) in [5.74, 6) is -0.713. The van der Waals surface area contributed by atoms with Crippen molar-refractivity contribution >= 4 is 33.8 Å². The number of hydrogen-bond acceptors (Lipinski definition) is 5. The normalized spacial score (nSPS) is 12.3. The molecule has 0 aromatic carbocycles. The molecule has 6 heteroatoms. The van der Waals surface area contributed by atoms with Crippen LogP contribution in [0.25, 0.3) is 0 Å². The Morgan fingerprint density at radius 2 is 2.30 bits per heavy atom. The number of hydrogen-bond donors (Lipinski definition) is 1. The molecule has 0 saturated heterocycles. The topological polar surface area (TPSA) is 53.4 Å². The second-order valence-corrected chi connectivity index (χ2v) is 6.77. The van der Waals surface area contributed by atoms with Crippen LogP contribution in [0.5, 0.6) is 0 Å². The van der Waals surface area contributed by atoms with E-state index < -0.39 is 5.97 Å². The van der Waals surface area contributed by atoms with E-state index in [0.717, 1.165) is 18.1 Å². The van der Waals surface area contributed by atoms with Gasteiger partial charge in [-0.3, -0.25) is 0 Å². The molecule has 1 atom stereocenters. The fourth-order valence-corrected chi connectivity index (χ4v) is 3.61. The molecule has 1 N–H and O–H groups in total. The molecule has 108 valence electrons. The van der Waals surface area contributed by atoms with Gasteiger partial charge >= 0.3 is 5.97 Å². The third-order valence-corrected chi connectivity index (χ3v) is 5.25. The molecular formula is C14H18N2O2S2. The number of aromatic nitrogens is 1. The molecule has 2 heterocycles. The lowest BCUT2D eigenvalue weighted by Gasteiger charge is -2.14. The van der Waals surface area contributed by atoms with Crippen molar-refractivity contribution < 1.29 is 9.90 Å². The van der Waals surface area contributed by atoms with Gasteiger partial charge in [0.25, 0.3) is 0 Å². The Bertz CT molecular complexity index is 578. The fourth-order valence-electron chi connectivity index (χ4n) is 1.87. The number of anilines is 1. The molecule has 20 heavy (non-hydrogen) atoms. The van der Waals surface area contributed by atoms with Gasteiger partial charge in [-0.1, -0.05) is 31.3 Å². The molecule has 0 bridgehead atoms. The number of carbonyl (C=O) groups is 1. The zero-order valence-corrected chi connectivity index (χ0v) is 13.4. The first-order valence-electron chi connectivity index (χ1n) is 6.50. The Labute approximate surface area is 126 Å². The summed E-state index contributed by atoms with van der Waals surface area (Å²) in [5, 5.41) is 12.1. The zero-order chi connectivity index (χ0) is 14.7. The molecule has 4 nitrogen and oxygen atoms in total. The van der Waals surface area contributed by atoms with Crippen LogP contribution < -0.4 is 4.90 Å². The number of nitrogens with zero attached hydrogens (tertiary/aromatic N) is 2. The number of thiophene rings is 1. The van der Waals surface area contributed by atoms with Crippen LogP contribution in [0.4, 0.5) is 5.13 Å². The van der Waals surface area contributed by atoms with E-state index in [2.05, 4.69) is 11.1 Å². The molecular weight excluding hydrogens is 292 g/mol. The second-order valence-electron chi connectivity index (χ2n) is 4.76. The third-order valence-electron chi connectivity index (χ3n) is 3.22. The Balaban J connectivity index is 2.25. The van der Waals surface area contributed by atoms with Gasteiger partial charge < -0.3 is 10.0 Å². The summed E-state index contributed by atoms with van der Waals surface area (Å²) in [5.41, 5.74) is 0.707. The quantitative estimate of drug-likeness (QED) is 0.874. The molecule has 0 aliphatic carbocycles. The fraction of sp³-hybridized carbons (Fsp3) is 0.429. The Hall–Kier alpha value is -1.40. The van der Waals surface area contributed by atoms with Crippen molar-refractivity contribution in [2.75, 3.05) is 11.9 Å². The smallest absolute Gasteiger partial charge is 0.347 e. The summed E-state index contributed by atoms with van der Waals surface area (Å²) in [6.07, 6.45) is 0.887. The van der Waals surface area contributed by atoms with Crippen molar-refractivity contribution in [3.05, 3.63) is 33.0 Å². The van der Waals surface area contributed by atoms with Gasteiger partial charge in [0.15, 0.2) is 5.13 Å². The van der Waals surface area contributed by atoms with Gasteiger partial charge in [0.05, 0.1) is 12.2 Å². The largest absolute Gasteiger partial charge is 0.477 e. The second kappa shape index (κ2) is 6.37. The maximum absolute atomic E-state index is 11.3. The van der Waals surface area contributed by atoms with Crippen LogP contribution in [0.1, 0.15) is 46.4 Å². The SMILES string of the molecule is CCC(C)c1nc(N(C)Cc2cccs2)sc1C(=O)O. The molecule has 0 aliphatic heterocycles. The van der Waals surface area contributed by atoms with Gasteiger partial charge in [-0.05, 0) is 23.8 Å². The number of aromatic carboxylic acids is 1. The highest BCUT2D eigenvalue weighted by Gasteiger charge is 2.22. The van der Waals surface area contributed by atoms with E-state index in [1.807, 2.05) is 37.2 Å². The van der Waals surface area contributed by atoms with Gasteiger partial charge in [-0.2, -0.15) is 0 Å². The van der Waals surface area contributed by atoms with Crippen LogP contribution in [-0.4, -0.2) is 23.1 Å². The minimum atomic E-state index is -0.881. The van der Waals surface area contributed by atoms with Crippen molar-refractivity contribution in [2.45, 2.75) is 32.7 Å². The van der Waals surface area contributed by atoms with Crippen molar-refractivity contribution in [3.63, 3.8) is 0 Å². The summed E-state index contributed by atoms with van der Waals surface area (Å²) in [7, 11) is 1.95. The van der Waals surface area contributed by atoms with Gasteiger partial charge in [-0.25, -0.2) is 9.78 Å². The van der Waals surface area contributed by atoms with E-state index in [1.165, 1.54) is 16.2 Å². The van der Waals surface area contributed by atoms with Crippen LogP contribution in [-0.2, 0) is 6.54 Å². The summed E-state index contributed by atoms with van der Waals surface area (Å²) in [4.78, 5) is 19.5. The van der Waals surface area contributed by atoms with E-state index in [0.29, 0.717) is 10.6 Å². The number of carboxylic acid groups (broad SMARTS) is 1. The summed E-state index contributed by atoms with van der Waals surface area (Å²) >= 11 is 2.95. The highest BCUT2D eigenvalue weighted by atomic mass is 32.1. The Morgan fingerprint density at radius 1 is 1.55 bits per heavy atom. The molecule has 0 aliphatic rings. The molecule has 0 spiro atoms. The molecule has 0 amide bonds.